The van der Waals surface area contributed by atoms with Gasteiger partial charge in [-0.15, -0.1) is 0 Å². The summed E-state index contributed by atoms with van der Waals surface area (Å²) >= 11 is 0. The Morgan fingerprint density at radius 3 is 2.06 bits per heavy atom. The molecule has 0 N–H and O–H groups in total. The molecule has 4 heteroatoms. The Morgan fingerprint density at radius 2 is 1.61 bits per heavy atom. The highest BCUT2D eigenvalue weighted by atomic mass is 16.6. The molecule has 0 spiro atoms. The SMILES string of the molecule is CC(C)(C)OC(=O)[C@H]1CC[C@H]1C(=O)N1CCCC1. The number of hydrogen-bond acceptors (Lipinski definition) is 3. The highest BCUT2D eigenvalue weighted by Crippen LogP contribution is 2.38. The molecule has 102 valence electrons. The van der Waals surface area contributed by atoms with Gasteiger partial charge in [0.25, 0.3) is 0 Å². The number of amides is 1. The van der Waals surface area contributed by atoms with Crippen LogP contribution in [0.25, 0.3) is 0 Å². The van der Waals surface area contributed by atoms with E-state index in [0.29, 0.717) is 0 Å². The lowest BCUT2D eigenvalue weighted by molar-refractivity contribution is -0.170. The van der Waals surface area contributed by atoms with Gasteiger partial charge in [0.2, 0.25) is 5.91 Å². The van der Waals surface area contributed by atoms with Crippen LogP contribution in [0.5, 0.6) is 0 Å². The normalized spacial score (nSPS) is 27.8. The fourth-order valence-electron chi connectivity index (χ4n) is 2.63. The van der Waals surface area contributed by atoms with Crippen molar-refractivity contribution in [1.82, 2.24) is 4.90 Å². The summed E-state index contributed by atoms with van der Waals surface area (Å²) in [5.41, 5.74) is -0.464. The van der Waals surface area contributed by atoms with Crippen LogP contribution < -0.4 is 0 Å². The highest BCUT2D eigenvalue weighted by Gasteiger charge is 2.45. The minimum absolute atomic E-state index is 0.127. The van der Waals surface area contributed by atoms with Crippen molar-refractivity contribution in [2.45, 2.75) is 52.1 Å². The second kappa shape index (κ2) is 4.90. The molecule has 1 saturated carbocycles. The second-order valence-electron chi connectivity index (χ2n) is 6.36. The number of esters is 1. The first-order chi connectivity index (χ1) is 8.38. The number of rotatable bonds is 2. The van der Waals surface area contributed by atoms with Crippen LogP contribution in [0, 0.1) is 11.8 Å². The third-order valence-corrected chi connectivity index (χ3v) is 3.72. The van der Waals surface area contributed by atoms with E-state index in [1.807, 2.05) is 25.7 Å². The van der Waals surface area contributed by atoms with Crippen LogP contribution >= 0.6 is 0 Å². The Labute approximate surface area is 109 Å². The van der Waals surface area contributed by atoms with E-state index in [1.165, 1.54) is 0 Å². The predicted octanol–water partition coefficient (Wildman–Crippen LogP) is 1.98. The Bertz CT molecular complexity index is 339. The summed E-state index contributed by atoms with van der Waals surface area (Å²) in [7, 11) is 0. The standard InChI is InChI=1S/C14H23NO3/c1-14(2,3)18-13(17)11-7-6-10(11)12(16)15-8-4-5-9-15/h10-11H,4-9H2,1-3H3/t10-,11+/m1/s1. The predicted molar refractivity (Wildman–Crippen MR) is 67.9 cm³/mol. The lowest BCUT2D eigenvalue weighted by Crippen LogP contribution is -2.46. The molecule has 1 amide bonds. The van der Waals surface area contributed by atoms with Crippen LogP contribution in [0.15, 0.2) is 0 Å². The van der Waals surface area contributed by atoms with Crippen molar-refractivity contribution in [3.05, 3.63) is 0 Å². The average Bonchev–Trinajstić information content (AvgIpc) is 2.64. The summed E-state index contributed by atoms with van der Waals surface area (Å²) in [5, 5.41) is 0. The van der Waals surface area contributed by atoms with Gasteiger partial charge >= 0.3 is 5.97 Å². The van der Waals surface area contributed by atoms with Gasteiger partial charge in [0.1, 0.15) is 5.60 Å². The van der Waals surface area contributed by atoms with Crippen molar-refractivity contribution in [2.24, 2.45) is 11.8 Å². The molecular weight excluding hydrogens is 230 g/mol. The first-order valence-electron chi connectivity index (χ1n) is 6.90. The third-order valence-electron chi connectivity index (χ3n) is 3.72. The molecular formula is C14H23NO3. The minimum atomic E-state index is -0.464. The van der Waals surface area contributed by atoms with Gasteiger partial charge < -0.3 is 9.64 Å². The Morgan fingerprint density at radius 1 is 1.06 bits per heavy atom. The molecule has 2 aliphatic rings. The zero-order valence-corrected chi connectivity index (χ0v) is 11.6. The van der Waals surface area contributed by atoms with Gasteiger partial charge in [0.05, 0.1) is 11.8 Å². The maximum atomic E-state index is 12.2. The van der Waals surface area contributed by atoms with Gasteiger partial charge in [-0.2, -0.15) is 0 Å². The first-order valence-corrected chi connectivity index (χ1v) is 6.90. The molecule has 0 aromatic rings. The van der Waals surface area contributed by atoms with Crippen LogP contribution in [0.4, 0.5) is 0 Å². The molecule has 0 aromatic heterocycles. The number of carbonyl (C=O) groups is 2. The molecule has 2 rings (SSSR count). The lowest BCUT2D eigenvalue weighted by atomic mass is 9.72. The summed E-state index contributed by atoms with van der Waals surface area (Å²) in [6.07, 6.45) is 3.81. The van der Waals surface area contributed by atoms with Crippen molar-refractivity contribution in [3.63, 3.8) is 0 Å². The fourth-order valence-corrected chi connectivity index (χ4v) is 2.63. The molecule has 1 saturated heterocycles. The molecule has 0 radical (unpaired) electrons. The number of ether oxygens (including phenoxy) is 1. The largest absolute Gasteiger partial charge is 0.460 e. The van der Waals surface area contributed by atoms with Crippen LogP contribution in [0.2, 0.25) is 0 Å². The molecule has 18 heavy (non-hydrogen) atoms. The van der Waals surface area contributed by atoms with E-state index in [-0.39, 0.29) is 23.7 Å². The maximum Gasteiger partial charge on any atom is 0.310 e. The van der Waals surface area contributed by atoms with Crippen molar-refractivity contribution >= 4 is 11.9 Å². The topological polar surface area (TPSA) is 46.6 Å². The Balaban J connectivity index is 1.91. The summed E-state index contributed by atoms with van der Waals surface area (Å²) in [6, 6.07) is 0. The molecule has 4 nitrogen and oxygen atoms in total. The molecule has 1 aliphatic heterocycles. The van der Waals surface area contributed by atoms with Crippen molar-refractivity contribution < 1.29 is 14.3 Å². The number of carbonyl (C=O) groups excluding carboxylic acids is 2. The van der Waals surface area contributed by atoms with Gasteiger partial charge in [0.15, 0.2) is 0 Å². The monoisotopic (exact) mass is 253 g/mol. The minimum Gasteiger partial charge on any atom is -0.460 e. The van der Waals surface area contributed by atoms with E-state index < -0.39 is 5.60 Å². The molecule has 1 heterocycles. The molecule has 1 aliphatic carbocycles. The van der Waals surface area contributed by atoms with Gasteiger partial charge in [-0.3, -0.25) is 9.59 Å². The van der Waals surface area contributed by atoms with E-state index in [0.717, 1.165) is 38.8 Å². The van der Waals surface area contributed by atoms with E-state index in [4.69, 9.17) is 4.74 Å². The smallest absolute Gasteiger partial charge is 0.310 e. The van der Waals surface area contributed by atoms with Crippen molar-refractivity contribution in [2.75, 3.05) is 13.1 Å². The maximum absolute atomic E-state index is 12.2. The summed E-state index contributed by atoms with van der Waals surface area (Å²) < 4.78 is 5.38. The van der Waals surface area contributed by atoms with Crippen molar-refractivity contribution in [3.8, 4) is 0 Å². The summed E-state index contributed by atoms with van der Waals surface area (Å²) in [6.45, 7) is 7.30. The Hall–Kier alpha value is -1.06. The van der Waals surface area contributed by atoms with Gasteiger partial charge in [-0.25, -0.2) is 0 Å². The van der Waals surface area contributed by atoms with E-state index >= 15 is 0 Å². The zero-order chi connectivity index (χ0) is 13.3. The lowest BCUT2D eigenvalue weighted by Gasteiger charge is -2.37. The van der Waals surface area contributed by atoms with Crippen LogP contribution in [0.3, 0.4) is 0 Å². The second-order valence-corrected chi connectivity index (χ2v) is 6.36. The summed E-state index contributed by atoms with van der Waals surface area (Å²) in [5.74, 6) is -0.379. The summed E-state index contributed by atoms with van der Waals surface area (Å²) in [4.78, 5) is 26.1. The van der Waals surface area contributed by atoms with Crippen LogP contribution in [-0.2, 0) is 14.3 Å². The fraction of sp³-hybridized carbons (Fsp3) is 0.857. The highest BCUT2D eigenvalue weighted by molar-refractivity contribution is 5.87. The first kappa shape index (κ1) is 13.4. The third kappa shape index (κ3) is 2.85. The molecule has 0 bridgehead atoms. The molecule has 0 aromatic carbocycles. The van der Waals surface area contributed by atoms with E-state index in [2.05, 4.69) is 0 Å². The Kier molecular flexibility index (Phi) is 3.64. The number of hydrogen-bond donors (Lipinski definition) is 0. The average molecular weight is 253 g/mol. The van der Waals surface area contributed by atoms with E-state index in [9.17, 15) is 9.59 Å². The van der Waals surface area contributed by atoms with E-state index in [1.54, 1.807) is 0 Å². The van der Waals surface area contributed by atoms with Crippen LogP contribution in [0.1, 0.15) is 46.5 Å². The van der Waals surface area contributed by atoms with Gasteiger partial charge in [-0.05, 0) is 46.5 Å². The zero-order valence-electron chi connectivity index (χ0n) is 11.6. The molecule has 2 atom stereocenters. The quantitative estimate of drug-likeness (QED) is 0.707. The van der Waals surface area contributed by atoms with Gasteiger partial charge in [-0.1, -0.05) is 0 Å². The van der Waals surface area contributed by atoms with Crippen molar-refractivity contribution in [1.29, 1.82) is 0 Å². The number of nitrogens with zero attached hydrogens (tertiary/aromatic N) is 1. The van der Waals surface area contributed by atoms with Crippen LogP contribution in [-0.4, -0.2) is 35.5 Å². The molecule has 2 fully saturated rings. The molecule has 0 unspecified atom stereocenters. The van der Waals surface area contributed by atoms with Gasteiger partial charge in [0, 0.05) is 13.1 Å². The number of likely N-dealkylation sites (tertiary alicyclic amines) is 1.